The third-order valence-electron chi connectivity index (χ3n) is 5.97. The molecule has 0 aliphatic rings. The van der Waals surface area contributed by atoms with E-state index in [-0.39, 0.29) is 0 Å². The van der Waals surface area contributed by atoms with Gasteiger partial charge < -0.3 is 0 Å². The van der Waals surface area contributed by atoms with Crippen LogP contribution in [-0.2, 0) is 12.8 Å². The van der Waals surface area contributed by atoms with Crippen LogP contribution in [0.1, 0.15) is 92.2 Å². The number of hydrogen-bond acceptors (Lipinski definition) is 0. The molecule has 0 amide bonds. The van der Waals surface area contributed by atoms with Crippen LogP contribution in [0.25, 0.3) is 0 Å². The molecule has 0 aliphatic heterocycles. The van der Waals surface area contributed by atoms with Crippen molar-refractivity contribution in [3.05, 3.63) is 106 Å². The molecule has 0 radical (unpaired) electrons. The third kappa shape index (κ3) is 9.04. The Labute approximate surface area is 201 Å². The minimum atomic E-state index is 1.01. The van der Waals surface area contributed by atoms with E-state index in [0.717, 1.165) is 28.7 Å². The molecule has 0 N–H and O–H groups in total. The zero-order valence-electron chi connectivity index (χ0n) is 20.3. The third-order valence-corrected chi connectivity index (χ3v) is 5.97. The Morgan fingerprint density at radius 2 is 0.788 bits per heavy atom. The van der Waals surface area contributed by atoms with Crippen molar-refractivity contribution in [3.8, 4) is 23.7 Å². The lowest BCUT2D eigenvalue weighted by molar-refractivity contribution is 0.589. The SMILES string of the molecule is CCCCCCCCCc1ccc(C#Cc2ccc(C#Cc3ccc(CC)cc3)cc2)cc1. The highest BCUT2D eigenvalue weighted by Crippen LogP contribution is 2.12. The molecule has 0 nitrogen and oxygen atoms in total. The van der Waals surface area contributed by atoms with Crippen LogP contribution in [0.4, 0.5) is 0 Å². The fourth-order valence-electron chi connectivity index (χ4n) is 3.79. The van der Waals surface area contributed by atoms with Gasteiger partial charge in [-0.15, -0.1) is 0 Å². The second kappa shape index (κ2) is 14.0. The van der Waals surface area contributed by atoms with Gasteiger partial charge in [-0.2, -0.15) is 0 Å². The normalized spacial score (nSPS) is 10.1. The van der Waals surface area contributed by atoms with Gasteiger partial charge in [0, 0.05) is 22.3 Å². The van der Waals surface area contributed by atoms with Gasteiger partial charge in [0.15, 0.2) is 0 Å². The number of benzene rings is 3. The van der Waals surface area contributed by atoms with Crippen molar-refractivity contribution >= 4 is 0 Å². The average Bonchev–Trinajstić information content (AvgIpc) is 2.87. The second-order valence-corrected chi connectivity index (χ2v) is 8.70. The fourth-order valence-corrected chi connectivity index (χ4v) is 3.79. The zero-order valence-corrected chi connectivity index (χ0v) is 20.3. The Morgan fingerprint density at radius 3 is 1.21 bits per heavy atom. The van der Waals surface area contributed by atoms with Gasteiger partial charge in [0.2, 0.25) is 0 Å². The molecule has 3 rings (SSSR count). The van der Waals surface area contributed by atoms with Gasteiger partial charge in [0.25, 0.3) is 0 Å². The monoisotopic (exact) mass is 432 g/mol. The molecule has 0 aliphatic carbocycles. The predicted molar refractivity (Wildman–Crippen MR) is 142 cm³/mol. The van der Waals surface area contributed by atoms with Crippen LogP contribution in [-0.4, -0.2) is 0 Å². The molecule has 33 heavy (non-hydrogen) atoms. The number of hydrogen-bond donors (Lipinski definition) is 0. The summed E-state index contributed by atoms with van der Waals surface area (Å²) in [6, 6.07) is 25.4. The van der Waals surface area contributed by atoms with Crippen LogP contribution in [0.2, 0.25) is 0 Å². The van der Waals surface area contributed by atoms with Crippen LogP contribution < -0.4 is 0 Å². The van der Waals surface area contributed by atoms with Gasteiger partial charge in [0.05, 0.1) is 0 Å². The van der Waals surface area contributed by atoms with Gasteiger partial charge in [0.1, 0.15) is 0 Å². The first-order valence-corrected chi connectivity index (χ1v) is 12.6. The maximum atomic E-state index is 3.29. The van der Waals surface area contributed by atoms with E-state index in [2.05, 4.69) is 86.1 Å². The first-order chi connectivity index (χ1) is 16.3. The minimum absolute atomic E-state index is 1.01. The molecule has 0 spiro atoms. The molecule has 168 valence electrons. The summed E-state index contributed by atoms with van der Waals surface area (Å²) >= 11 is 0. The van der Waals surface area contributed by atoms with E-state index >= 15 is 0 Å². The molecular weight excluding hydrogens is 396 g/mol. The first kappa shape index (κ1) is 24.4. The van der Waals surface area contributed by atoms with Gasteiger partial charge in [-0.1, -0.05) is 100 Å². The van der Waals surface area contributed by atoms with E-state index in [1.807, 2.05) is 24.3 Å². The topological polar surface area (TPSA) is 0 Å². The molecule has 0 unspecified atom stereocenters. The van der Waals surface area contributed by atoms with Gasteiger partial charge in [-0.25, -0.2) is 0 Å². The van der Waals surface area contributed by atoms with Crippen molar-refractivity contribution in [1.82, 2.24) is 0 Å². The number of unbranched alkanes of at least 4 members (excludes halogenated alkanes) is 6. The molecule has 0 heteroatoms. The molecule has 3 aromatic carbocycles. The van der Waals surface area contributed by atoms with E-state index in [9.17, 15) is 0 Å². The number of rotatable bonds is 9. The summed E-state index contributed by atoms with van der Waals surface area (Å²) in [6.07, 6.45) is 11.7. The fraction of sp³-hybridized carbons (Fsp3) is 0.333. The molecule has 3 aromatic rings. The van der Waals surface area contributed by atoms with E-state index < -0.39 is 0 Å². The first-order valence-electron chi connectivity index (χ1n) is 12.6. The van der Waals surface area contributed by atoms with Crippen molar-refractivity contribution in [2.75, 3.05) is 0 Å². The average molecular weight is 433 g/mol. The van der Waals surface area contributed by atoms with E-state index in [1.165, 1.54) is 62.5 Å². The van der Waals surface area contributed by atoms with Crippen LogP contribution in [0, 0.1) is 23.7 Å². The Kier molecular flexibility index (Phi) is 10.4. The standard InChI is InChI=1S/C33H36/c1-3-5-6-7-8-9-10-11-29-16-18-31(19-17-29)22-23-33-26-24-32(25-27-33)21-20-30-14-12-28(4-2)13-15-30/h12-19,24-27H,3-11H2,1-2H3. The van der Waals surface area contributed by atoms with Crippen LogP contribution in [0.15, 0.2) is 72.8 Å². The molecule has 0 bridgehead atoms. The van der Waals surface area contributed by atoms with Crippen molar-refractivity contribution in [2.24, 2.45) is 0 Å². The second-order valence-electron chi connectivity index (χ2n) is 8.70. The van der Waals surface area contributed by atoms with Crippen LogP contribution in [0.5, 0.6) is 0 Å². The Balaban J connectivity index is 1.47. The Bertz CT molecular complexity index is 1080. The van der Waals surface area contributed by atoms with E-state index in [0.29, 0.717) is 0 Å². The molecular formula is C33H36. The highest BCUT2D eigenvalue weighted by atomic mass is 14.0. The Morgan fingerprint density at radius 1 is 0.424 bits per heavy atom. The lowest BCUT2D eigenvalue weighted by Crippen LogP contribution is -1.87. The molecule has 0 fully saturated rings. The smallest absolute Gasteiger partial charge is 0.0249 e. The van der Waals surface area contributed by atoms with Crippen molar-refractivity contribution in [3.63, 3.8) is 0 Å². The summed E-state index contributed by atoms with van der Waals surface area (Å²) in [5.74, 6) is 13.0. The molecule has 0 aromatic heterocycles. The predicted octanol–water partition coefficient (Wildman–Crippen LogP) is 8.34. The summed E-state index contributed by atoms with van der Waals surface area (Å²) in [6.45, 7) is 4.44. The molecule has 0 atom stereocenters. The minimum Gasteiger partial charge on any atom is -0.0654 e. The molecule has 0 saturated heterocycles. The molecule has 0 saturated carbocycles. The van der Waals surface area contributed by atoms with Crippen molar-refractivity contribution < 1.29 is 0 Å². The summed E-state index contributed by atoms with van der Waals surface area (Å²) in [7, 11) is 0. The maximum Gasteiger partial charge on any atom is 0.0249 e. The Hall–Kier alpha value is -3.22. The highest BCUT2D eigenvalue weighted by molar-refractivity contribution is 5.48. The molecule has 0 heterocycles. The summed E-state index contributed by atoms with van der Waals surface area (Å²) in [5, 5.41) is 0. The van der Waals surface area contributed by atoms with Crippen molar-refractivity contribution in [1.29, 1.82) is 0 Å². The van der Waals surface area contributed by atoms with Crippen LogP contribution >= 0.6 is 0 Å². The van der Waals surface area contributed by atoms with E-state index in [1.54, 1.807) is 0 Å². The van der Waals surface area contributed by atoms with Crippen LogP contribution in [0.3, 0.4) is 0 Å². The summed E-state index contributed by atoms with van der Waals surface area (Å²) < 4.78 is 0. The van der Waals surface area contributed by atoms with Gasteiger partial charge in [-0.3, -0.25) is 0 Å². The van der Waals surface area contributed by atoms with Gasteiger partial charge >= 0.3 is 0 Å². The zero-order chi connectivity index (χ0) is 23.1. The lowest BCUT2D eigenvalue weighted by Gasteiger charge is -2.02. The quantitative estimate of drug-likeness (QED) is 0.235. The largest absolute Gasteiger partial charge is 0.0654 e. The highest BCUT2D eigenvalue weighted by Gasteiger charge is 1.96. The number of aryl methyl sites for hydroxylation is 2. The summed E-state index contributed by atoms with van der Waals surface area (Å²) in [5.41, 5.74) is 6.90. The maximum absolute atomic E-state index is 3.29. The van der Waals surface area contributed by atoms with Crippen molar-refractivity contribution in [2.45, 2.75) is 71.6 Å². The van der Waals surface area contributed by atoms with E-state index in [4.69, 9.17) is 0 Å². The summed E-state index contributed by atoms with van der Waals surface area (Å²) in [4.78, 5) is 0. The van der Waals surface area contributed by atoms with Gasteiger partial charge in [-0.05, 0) is 78.9 Å². The lowest BCUT2D eigenvalue weighted by atomic mass is 10.0.